The molecule has 0 aromatic carbocycles. The largest absolute Gasteiger partial charge is 0.508 e. The summed E-state index contributed by atoms with van der Waals surface area (Å²) in [5.74, 6) is -1.40. The molecule has 0 aliphatic heterocycles. The first kappa shape index (κ1) is 37.4. The molecule has 40 heavy (non-hydrogen) atoms. The molecule has 1 unspecified atom stereocenters. The molecule has 14 nitrogen and oxygen atoms in total. The Kier molecular flexibility index (Phi) is 21.7. The van der Waals surface area contributed by atoms with E-state index in [2.05, 4.69) is 4.76 Å². The molecule has 0 aromatic rings. The van der Waals surface area contributed by atoms with Crippen LogP contribution in [-0.4, -0.2) is 87.0 Å². The van der Waals surface area contributed by atoms with Gasteiger partial charge in [-0.15, -0.1) is 4.76 Å². The maximum atomic E-state index is 13.4. The number of nitrogens with zero attached hydrogens (tertiary/aromatic N) is 2. The zero-order valence-corrected chi connectivity index (χ0v) is 25.2. The van der Waals surface area contributed by atoms with E-state index in [1.165, 1.54) is 11.9 Å². The zero-order valence-electron chi connectivity index (χ0n) is 24.3. The number of rotatable bonds is 23. The second kappa shape index (κ2) is 23.2. The van der Waals surface area contributed by atoms with Gasteiger partial charge in [0.2, 0.25) is 5.96 Å². The van der Waals surface area contributed by atoms with Gasteiger partial charge in [0.05, 0.1) is 39.6 Å². The van der Waals surface area contributed by atoms with Gasteiger partial charge in [0.1, 0.15) is 6.04 Å². The van der Waals surface area contributed by atoms with E-state index in [-0.39, 0.29) is 32.4 Å². The third-order valence-electron chi connectivity index (χ3n) is 5.36. The number of guanidine groups is 1. The van der Waals surface area contributed by atoms with Gasteiger partial charge in [-0.1, -0.05) is 40.0 Å². The number of ether oxygens (including phenoxy) is 4. The topological polar surface area (TPSA) is 186 Å². The number of carbonyl (C=O) groups excluding carboxylic acids is 2. The molecule has 0 saturated heterocycles. The minimum atomic E-state index is -4.13. The minimum Gasteiger partial charge on any atom is -0.480 e. The molecule has 0 bridgehead atoms. The fraction of sp³-hybridized carbons (Fsp3) is 0.840. The highest BCUT2D eigenvalue weighted by Gasteiger charge is 2.29. The molecule has 0 radical (unpaired) electrons. The van der Waals surface area contributed by atoms with E-state index in [4.69, 9.17) is 33.7 Å². The van der Waals surface area contributed by atoms with Gasteiger partial charge in [0.25, 0.3) is 0 Å². The van der Waals surface area contributed by atoms with Crippen molar-refractivity contribution in [2.45, 2.75) is 91.0 Å². The van der Waals surface area contributed by atoms with E-state index >= 15 is 0 Å². The quantitative estimate of drug-likeness (QED) is 0.0522. The maximum absolute atomic E-state index is 13.4. The van der Waals surface area contributed by atoms with Crippen molar-refractivity contribution in [1.29, 1.82) is 0 Å². The first-order valence-corrected chi connectivity index (χ1v) is 15.4. The Balaban J connectivity index is 4.90. The lowest BCUT2D eigenvalue weighted by Crippen LogP contribution is -2.46. The standard InChI is InChI=1S/C25H48N3O11P/c1-5-8-15-34-24(31)36-17-10-12-19-38-40(33,27-23(26)28(4)21(14-7-3)22(29)30)39-20-13-11-18-37-25(32)35-16-9-6-2/h21H,5-20H2,1-4H3,(H,29,30)(H2,26,27,33). The van der Waals surface area contributed by atoms with Crippen LogP contribution in [0.5, 0.6) is 0 Å². The summed E-state index contributed by atoms with van der Waals surface area (Å²) in [5, 5.41) is 9.50. The Morgan fingerprint density at radius 1 is 0.750 bits per heavy atom. The maximum Gasteiger partial charge on any atom is 0.508 e. The van der Waals surface area contributed by atoms with Crippen molar-refractivity contribution in [3.63, 3.8) is 0 Å². The molecule has 0 spiro atoms. The highest BCUT2D eigenvalue weighted by Crippen LogP contribution is 2.50. The third kappa shape index (κ3) is 18.7. The predicted molar refractivity (Wildman–Crippen MR) is 148 cm³/mol. The fourth-order valence-corrected chi connectivity index (χ4v) is 4.27. The highest BCUT2D eigenvalue weighted by molar-refractivity contribution is 7.52. The lowest BCUT2D eigenvalue weighted by Gasteiger charge is -2.26. The molecule has 0 saturated carbocycles. The molecule has 0 heterocycles. The van der Waals surface area contributed by atoms with Gasteiger partial charge in [-0.05, 0) is 44.9 Å². The SMILES string of the molecule is CCCCOC(=O)OCCCCOP(=O)(N=C(N)N(C)C(CCC)C(=O)O)OCCCCOC(=O)OCCCC. The number of nitrogens with two attached hydrogens (primary N) is 1. The van der Waals surface area contributed by atoms with Gasteiger partial charge in [-0.2, -0.15) is 0 Å². The zero-order chi connectivity index (χ0) is 30.2. The van der Waals surface area contributed by atoms with Crippen molar-refractivity contribution < 1.29 is 52.1 Å². The Morgan fingerprint density at radius 2 is 1.15 bits per heavy atom. The molecule has 1 atom stereocenters. The number of hydrogen-bond donors (Lipinski definition) is 2. The van der Waals surface area contributed by atoms with Crippen LogP contribution in [0.25, 0.3) is 0 Å². The first-order valence-electron chi connectivity index (χ1n) is 13.9. The van der Waals surface area contributed by atoms with Crippen LogP contribution >= 0.6 is 7.75 Å². The average Bonchev–Trinajstić information content (AvgIpc) is 2.91. The predicted octanol–water partition coefficient (Wildman–Crippen LogP) is 5.09. The number of carboxylic acid groups (broad SMARTS) is 1. The van der Waals surface area contributed by atoms with Gasteiger partial charge in [-0.3, -0.25) is 9.05 Å². The van der Waals surface area contributed by atoms with E-state index in [1.807, 2.05) is 20.8 Å². The number of hydrogen-bond acceptors (Lipinski definition) is 10. The average molecular weight is 598 g/mol. The van der Waals surface area contributed by atoms with Crippen molar-refractivity contribution in [2.24, 2.45) is 10.5 Å². The number of carboxylic acids is 1. The number of carbonyl (C=O) groups is 3. The molecule has 15 heteroatoms. The highest BCUT2D eigenvalue weighted by atomic mass is 31.2. The Labute approximate surface area is 237 Å². The van der Waals surface area contributed by atoms with Crippen LogP contribution in [0.4, 0.5) is 9.59 Å². The lowest BCUT2D eigenvalue weighted by atomic mass is 10.1. The summed E-state index contributed by atoms with van der Waals surface area (Å²) in [4.78, 5) is 35.8. The molecule has 0 amide bonds. The number of unbranched alkanes of at least 4 members (excludes halogenated alkanes) is 4. The summed E-state index contributed by atoms with van der Waals surface area (Å²) in [6, 6.07) is -0.967. The molecular weight excluding hydrogens is 549 g/mol. The molecule has 0 aliphatic rings. The van der Waals surface area contributed by atoms with Crippen molar-refractivity contribution >= 4 is 32.0 Å². The molecule has 0 aliphatic carbocycles. The first-order chi connectivity index (χ1) is 19.1. The van der Waals surface area contributed by atoms with Crippen LogP contribution in [0.1, 0.15) is 85.0 Å². The number of likely N-dealkylation sites (N-methyl/N-ethyl adjacent to an activating group) is 1. The normalized spacial score (nSPS) is 12.4. The Morgan fingerprint density at radius 3 is 1.52 bits per heavy atom. The van der Waals surface area contributed by atoms with E-state index in [0.717, 1.165) is 25.7 Å². The van der Waals surface area contributed by atoms with Crippen molar-refractivity contribution in [2.75, 3.05) is 46.7 Å². The smallest absolute Gasteiger partial charge is 0.480 e. The molecule has 0 aromatic heterocycles. The van der Waals surface area contributed by atoms with Crippen molar-refractivity contribution in [3.8, 4) is 0 Å². The Bertz CT molecular complexity index is 760. The van der Waals surface area contributed by atoms with Crippen LogP contribution in [0.2, 0.25) is 0 Å². The van der Waals surface area contributed by atoms with Crippen molar-refractivity contribution in [1.82, 2.24) is 4.90 Å². The number of aliphatic carboxylic acids is 1. The van der Waals surface area contributed by atoms with Crippen LogP contribution in [0, 0.1) is 0 Å². The lowest BCUT2D eigenvalue weighted by molar-refractivity contribution is -0.141. The molecule has 3 N–H and O–H groups in total. The monoisotopic (exact) mass is 597 g/mol. The summed E-state index contributed by atoms with van der Waals surface area (Å²) in [7, 11) is -2.69. The summed E-state index contributed by atoms with van der Waals surface area (Å²) in [5.41, 5.74) is 5.98. The molecule has 0 fully saturated rings. The summed E-state index contributed by atoms with van der Waals surface area (Å²) >= 11 is 0. The van der Waals surface area contributed by atoms with Gasteiger partial charge >= 0.3 is 26.0 Å². The van der Waals surface area contributed by atoms with E-state index in [0.29, 0.717) is 51.7 Å². The van der Waals surface area contributed by atoms with Crippen LogP contribution in [-0.2, 0) is 37.4 Å². The van der Waals surface area contributed by atoms with Gasteiger partial charge in [-0.25, -0.2) is 18.9 Å². The van der Waals surface area contributed by atoms with Gasteiger partial charge in [0, 0.05) is 7.05 Å². The summed E-state index contributed by atoms with van der Waals surface area (Å²) < 4.78 is 47.9. The van der Waals surface area contributed by atoms with Gasteiger partial charge < -0.3 is 34.7 Å². The molecule has 0 rings (SSSR count). The van der Waals surface area contributed by atoms with Crippen LogP contribution < -0.4 is 5.73 Å². The summed E-state index contributed by atoms with van der Waals surface area (Å²) in [6.45, 7) is 6.46. The second-order valence-electron chi connectivity index (χ2n) is 8.86. The fourth-order valence-electron chi connectivity index (χ4n) is 2.97. The summed E-state index contributed by atoms with van der Waals surface area (Å²) in [6.07, 6.45) is 4.23. The Hall–Kier alpha value is -2.57. The van der Waals surface area contributed by atoms with Crippen LogP contribution in [0.15, 0.2) is 4.76 Å². The van der Waals surface area contributed by atoms with E-state index in [9.17, 15) is 24.1 Å². The van der Waals surface area contributed by atoms with E-state index < -0.39 is 32.1 Å². The second-order valence-corrected chi connectivity index (χ2v) is 10.5. The van der Waals surface area contributed by atoms with E-state index in [1.54, 1.807) is 0 Å². The van der Waals surface area contributed by atoms with Gasteiger partial charge in [0.15, 0.2) is 0 Å². The van der Waals surface area contributed by atoms with Crippen LogP contribution in [0.3, 0.4) is 0 Å². The molecular formula is C25H48N3O11P. The van der Waals surface area contributed by atoms with Crippen molar-refractivity contribution in [3.05, 3.63) is 0 Å². The third-order valence-corrected chi connectivity index (χ3v) is 6.83. The minimum absolute atomic E-state index is 0.0456. The molecule has 234 valence electrons.